The fourth-order valence-corrected chi connectivity index (χ4v) is 2.60. The van der Waals surface area contributed by atoms with Crippen LogP contribution in [0.3, 0.4) is 0 Å². The lowest BCUT2D eigenvalue weighted by atomic mass is 10.1. The minimum Gasteiger partial charge on any atom is -0.484 e. The lowest BCUT2D eigenvalue weighted by Crippen LogP contribution is -2.25. The Morgan fingerprint density at radius 3 is 2.72 bits per heavy atom. The molecule has 1 N–H and O–H groups in total. The Morgan fingerprint density at radius 1 is 1.24 bits per heavy atom. The van der Waals surface area contributed by atoms with Gasteiger partial charge in [0.2, 0.25) is 0 Å². The molecule has 0 atom stereocenters. The minimum atomic E-state index is -0.311. The van der Waals surface area contributed by atoms with Gasteiger partial charge >= 0.3 is 0 Å². The van der Waals surface area contributed by atoms with E-state index in [9.17, 15) is 4.79 Å². The van der Waals surface area contributed by atoms with Crippen LogP contribution in [-0.2, 0) is 11.8 Å². The zero-order valence-corrected chi connectivity index (χ0v) is 14.5. The first-order valence-electron chi connectivity index (χ1n) is 7.98. The largest absolute Gasteiger partial charge is 0.484 e. The third-order valence-electron chi connectivity index (χ3n) is 3.84. The monoisotopic (exact) mass is 336 g/mol. The number of nitrogens with zero attached hydrogens (tertiary/aromatic N) is 3. The average molecular weight is 336 g/mol. The van der Waals surface area contributed by atoms with Gasteiger partial charge in [-0.1, -0.05) is 30.3 Å². The summed E-state index contributed by atoms with van der Waals surface area (Å²) in [6, 6.07) is 13.7. The Labute approximate surface area is 146 Å². The second-order valence-electron chi connectivity index (χ2n) is 5.83. The number of hydrogen-bond donors (Lipinski definition) is 1. The molecule has 3 aromatic rings. The third-order valence-corrected chi connectivity index (χ3v) is 3.84. The Balaban J connectivity index is 1.58. The molecule has 6 nitrogen and oxygen atoms in total. The molecule has 3 rings (SSSR count). The topological polar surface area (TPSA) is 68.5 Å². The molecule has 1 amide bonds. The van der Waals surface area contributed by atoms with Crippen LogP contribution in [0.1, 0.15) is 18.2 Å². The van der Waals surface area contributed by atoms with Crippen molar-refractivity contribution in [3.63, 3.8) is 0 Å². The molecule has 0 saturated heterocycles. The summed E-state index contributed by atoms with van der Waals surface area (Å²) >= 11 is 0. The molecule has 0 radical (unpaired) electrons. The molecule has 1 aromatic heterocycles. The van der Waals surface area contributed by atoms with Gasteiger partial charge in [-0.15, -0.1) is 0 Å². The SMILES string of the molecule is CC(=NNC(=O)COc1ccc2ccccc2c1)c1cn(C)nc1C. The molecule has 0 unspecified atom stereocenters. The van der Waals surface area contributed by atoms with Gasteiger partial charge in [0, 0.05) is 18.8 Å². The van der Waals surface area contributed by atoms with Gasteiger partial charge in [-0.2, -0.15) is 10.2 Å². The van der Waals surface area contributed by atoms with Gasteiger partial charge in [-0.3, -0.25) is 9.48 Å². The average Bonchev–Trinajstić information content (AvgIpc) is 2.96. The number of aryl methyl sites for hydroxylation is 2. The number of amides is 1. The minimum absolute atomic E-state index is 0.0961. The van der Waals surface area contributed by atoms with Crippen molar-refractivity contribution in [3.8, 4) is 5.75 Å². The van der Waals surface area contributed by atoms with Crippen molar-refractivity contribution in [2.75, 3.05) is 6.61 Å². The van der Waals surface area contributed by atoms with Crippen LogP contribution >= 0.6 is 0 Å². The summed E-state index contributed by atoms with van der Waals surface area (Å²) in [4.78, 5) is 11.9. The van der Waals surface area contributed by atoms with Crippen LogP contribution in [0.15, 0.2) is 53.8 Å². The maximum Gasteiger partial charge on any atom is 0.277 e. The first kappa shape index (κ1) is 16.7. The van der Waals surface area contributed by atoms with E-state index in [4.69, 9.17) is 4.74 Å². The third kappa shape index (κ3) is 4.03. The van der Waals surface area contributed by atoms with Crippen molar-refractivity contribution in [1.82, 2.24) is 15.2 Å². The smallest absolute Gasteiger partial charge is 0.277 e. The predicted octanol–water partition coefficient (Wildman–Crippen LogP) is 2.80. The number of aromatic nitrogens is 2. The van der Waals surface area contributed by atoms with E-state index in [-0.39, 0.29) is 12.5 Å². The number of hydrazone groups is 1. The van der Waals surface area contributed by atoms with Crippen molar-refractivity contribution in [3.05, 3.63) is 59.9 Å². The predicted molar refractivity (Wildman–Crippen MR) is 97.7 cm³/mol. The number of ether oxygens (including phenoxy) is 1. The van der Waals surface area contributed by atoms with E-state index in [0.717, 1.165) is 22.0 Å². The molecule has 1 heterocycles. The first-order valence-corrected chi connectivity index (χ1v) is 7.98. The summed E-state index contributed by atoms with van der Waals surface area (Å²) in [5, 5.41) is 10.6. The Bertz CT molecular complexity index is 944. The Kier molecular flexibility index (Phi) is 4.79. The molecule has 25 heavy (non-hydrogen) atoms. The summed E-state index contributed by atoms with van der Waals surface area (Å²) in [5.74, 6) is 0.340. The number of carbonyl (C=O) groups is 1. The fourth-order valence-electron chi connectivity index (χ4n) is 2.60. The number of nitrogens with one attached hydrogen (secondary N) is 1. The highest BCUT2D eigenvalue weighted by Gasteiger charge is 2.08. The lowest BCUT2D eigenvalue weighted by Gasteiger charge is -2.07. The highest BCUT2D eigenvalue weighted by Crippen LogP contribution is 2.20. The highest BCUT2D eigenvalue weighted by atomic mass is 16.5. The number of hydrogen-bond acceptors (Lipinski definition) is 4. The first-order chi connectivity index (χ1) is 12.0. The molecule has 2 aromatic carbocycles. The van der Waals surface area contributed by atoms with Gasteiger partial charge in [0.05, 0.1) is 11.4 Å². The van der Waals surface area contributed by atoms with E-state index in [1.165, 1.54) is 0 Å². The fraction of sp³-hybridized carbons (Fsp3) is 0.211. The Hall–Kier alpha value is -3.15. The summed E-state index contributed by atoms with van der Waals surface area (Å²) in [6.45, 7) is 3.63. The van der Waals surface area contributed by atoms with Gasteiger partial charge in [-0.05, 0) is 36.8 Å². The molecule has 128 valence electrons. The molecule has 0 fully saturated rings. The maximum atomic E-state index is 11.9. The van der Waals surface area contributed by atoms with E-state index in [0.29, 0.717) is 11.5 Å². The van der Waals surface area contributed by atoms with E-state index in [1.807, 2.05) is 69.6 Å². The van der Waals surface area contributed by atoms with Crippen LogP contribution in [0.2, 0.25) is 0 Å². The zero-order valence-electron chi connectivity index (χ0n) is 14.5. The van der Waals surface area contributed by atoms with Gasteiger partial charge in [0.15, 0.2) is 6.61 Å². The molecular formula is C19H20N4O2. The van der Waals surface area contributed by atoms with Crippen LogP contribution < -0.4 is 10.2 Å². The van der Waals surface area contributed by atoms with Crippen LogP contribution in [0, 0.1) is 6.92 Å². The molecular weight excluding hydrogens is 316 g/mol. The van der Waals surface area contributed by atoms with Crippen molar-refractivity contribution in [2.24, 2.45) is 12.1 Å². The van der Waals surface area contributed by atoms with Gasteiger partial charge in [-0.25, -0.2) is 5.43 Å². The normalized spacial score (nSPS) is 11.6. The van der Waals surface area contributed by atoms with Gasteiger partial charge in [0.25, 0.3) is 5.91 Å². The molecule has 0 bridgehead atoms. The zero-order chi connectivity index (χ0) is 17.8. The number of rotatable bonds is 5. The van der Waals surface area contributed by atoms with E-state index in [1.54, 1.807) is 4.68 Å². The lowest BCUT2D eigenvalue weighted by molar-refractivity contribution is -0.123. The van der Waals surface area contributed by atoms with Crippen LogP contribution in [-0.4, -0.2) is 28.0 Å². The van der Waals surface area contributed by atoms with E-state index >= 15 is 0 Å². The van der Waals surface area contributed by atoms with Crippen LogP contribution in [0.4, 0.5) is 0 Å². The van der Waals surface area contributed by atoms with Crippen molar-refractivity contribution < 1.29 is 9.53 Å². The number of carbonyl (C=O) groups excluding carboxylic acids is 1. The summed E-state index contributed by atoms with van der Waals surface area (Å²) in [6.07, 6.45) is 1.87. The van der Waals surface area contributed by atoms with Crippen molar-refractivity contribution in [2.45, 2.75) is 13.8 Å². The van der Waals surface area contributed by atoms with Crippen LogP contribution in [0.5, 0.6) is 5.75 Å². The standard InChI is InChI=1S/C19H20N4O2/c1-13(18-11-23(3)22-14(18)2)20-21-19(24)12-25-17-9-8-15-6-4-5-7-16(15)10-17/h4-11H,12H2,1-3H3,(H,21,24). The van der Waals surface area contributed by atoms with Crippen molar-refractivity contribution in [1.29, 1.82) is 0 Å². The maximum absolute atomic E-state index is 11.9. The van der Waals surface area contributed by atoms with E-state index < -0.39 is 0 Å². The second kappa shape index (κ2) is 7.17. The number of fused-ring (bicyclic) bond motifs is 1. The molecule has 0 aliphatic heterocycles. The molecule has 0 spiro atoms. The van der Waals surface area contributed by atoms with Gasteiger partial charge < -0.3 is 4.74 Å². The van der Waals surface area contributed by atoms with Crippen molar-refractivity contribution >= 4 is 22.4 Å². The quantitative estimate of drug-likeness (QED) is 0.575. The Morgan fingerprint density at radius 2 is 2.00 bits per heavy atom. The van der Waals surface area contributed by atoms with Crippen LogP contribution in [0.25, 0.3) is 10.8 Å². The summed E-state index contributed by atoms with van der Waals surface area (Å²) < 4.78 is 7.26. The highest BCUT2D eigenvalue weighted by molar-refractivity contribution is 6.00. The molecule has 0 aliphatic rings. The summed E-state index contributed by atoms with van der Waals surface area (Å²) in [5.41, 5.74) is 4.98. The molecule has 6 heteroatoms. The summed E-state index contributed by atoms with van der Waals surface area (Å²) in [7, 11) is 1.85. The molecule has 0 saturated carbocycles. The second-order valence-corrected chi connectivity index (χ2v) is 5.83. The van der Waals surface area contributed by atoms with Gasteiger partial charge in [0.1, 0.15) is 5.75 Å². The number of benzene rings is 2. The van der Waals surface area contributed by atoms with E-state index in [2.05, 4.69) is 15.6 Å². The molecule has 0 aliphatic carbocycles.